The molecule has 1 amide bonds. The number of rotatable bonds is 5. The normalized spacial score (nSPS) is 10.4. The molecule has 2 N–H and O–H groups in total. The first kappa shape index (κ1) is 17.5. The van der Waals surface area contributed by atoms with Gasteiger partial charge in [-0.25, -0.2) is 9.97 Å². The summed E-state index contributed by atoms with van der Waals surface area (Å²) in [5.41, 5.74) is 4.57. The van der Waals surface area contributed by atoms with Gasteiger partial charge >= 0.3 is 0 Å². The molecule has 2 heterocycles. The molecule has 0 spiro atoms. The standard InChI is InChI=1S/C20H21N5O/c1-13-8-14(2)10-17(9-13)25-19-11-18(23-15(3)24-19)20(26)22-12-16-4-6-21-7-5-16/h4-11H,12H2,1-3H3,(H,22,26)(H,23,24,25). The minimum atomic E-state index is -0.240. The van der Waals surface area contributed by atoms with Crippen LogP contribution < -0.4 is 10.6 Å². The fraction of sp³-hybridized carbons (Fsp3) is 0.200. The maximum atomic E-state index is 12.4. The molecule has 0 radical (unpaired) electrons. The second-order valence-corrected chi connectivity index (χ2v) is 6.23. The number of carbonyl (C=O) groups is 1. The summed E-state index contributed by atoms with van der Waals surface area (Å²) in [7, 11) is 0. The summed E-state index contributed by atoms with van der Waals surface area (Å²) in [6, 6.07) is 11.6. The molecule has 6 nitrogen and oxygen atoms in total. The number of amides is 1. The molecule has 0 aliphatic heterocycles. The molecule has 0 unspecified atom stereocenters. The zero-order valence-electron chi connectivity index (χ0n) is 15.1. The summed E-state index contributed by atoms with van der Waals surface area (Å²) in [6.45, 7) is 6.28. The number of anilines is 2. The molecule has 0 aliphatic carbocycles. The summed E-state index contributed by atoms with van der Waals surface area (Å²) in [4.78, 5) is 25.0. The Morgan fingerprint density at radius 3 is 2.35 bits per heavy atom. The van der Waals surface area contributed by atoms with E-state index in [0.29, 0.717) is 23.9 Å². The maximum Gasteiger partial charge on any atom is 0.270 e. The van der Waals surface area contributed by atoms with E-state index < -0.39 is 0 Å². The summed E-state index contributed by atoms with van der Waals surface area (Å²) in [5.74, 6) is 0.890. The fourth-order valence-corrected chi connectivity index (χ4v) is 2.72. The topological polar surface area (TPSA) is 79.8 Å². The van der Waals surface area contributed by atoms with Crippen LogP contribution in [0.15, 0.2) is 48.8 Å². The number of hydrogen-bond acceptors (Lipinski definition) is 5. The Hall–Kier alpha value is -3.28. The highest BCUT2D eigenvalue weighted by molar-refractivity contribution is 5.93. The van der Waals surface area contributed by atoms with Gasteiger partial charge in [-0.2, -0.15) is 0 Å². The van der Waals surface area contributed by atoms with Crippen molar-refractivity contribution in [1.29, 1.82) is 0 Å². The molecule has 0 atom stereocenters. The van der Waals surface area contributed by atoms with E-state index in [2.05, 4.69) is 31.7 Å². The van der Waals surface area contributed by atoms with Crippen molar-refractivity contribution in [2.75, 3.05) is 5.32 Å². The lowest BCUT2D eigenvalue weighted by molar-refractivity contribution is 0.0945. The van der Waals surface area contributed by atoms with Crippen molar-refractivity contribution in [1.82, 2.24) is 20.3 Å². The number of nitrogens with one attached hydrogen (secondary N) is 2. The van der Waals surface area contributed by atoms with Gasteiger partial charge in [0.15, 0.2) is 0 Å². The van der Waals surface area contributed by atoms with Gasteiger partial charge < -0.3 is 10.6 Å². The lowest BCUT2D eigenvalue weighted by atomic mass is 10.1. The van der Waals surface area contributed by atoms with Crippen LogP contribution in [0.3, 0.4) is 0 Å². The van der Waals surface area contributed by atoms with Crippen LogP contribution >= 0.6 is 0 Å². The second-order valence-electron chi connectivity index (χ2n) is 6.23. The lowest BCUT2D eigenvalue weighted by Crippen LogP contribution is -2.24. The summed E-state index contributed by atoms with van der Waals surface area (Å²) < 4.78 is 0. The fourth-order valence-electron chi connectivity index (χ4n) is 2.72. The third-order valence-corrected chi connectivity index (χ3v) is 3.77. The Kier molecular flexibility index (Phi) is 5.22. The van der Waals surface area contributed by atoms with Crippen LogP contribution in [0.4, 0.5) is 11.5 Å². The first-order valence-electron chi connectivity index (χ1n) is 8.38. The van der Waals surface area contributed by atoms with Crippen molar-refractivity contribution >= 4 is 17.4 Å². The van der Waals surface area contributed by atoms with E-state index in [0.717, 1.165) is 22.4 Å². The average molecular weight is 347 g/mol. The summed E-state index contributed by atoms with van der Waals surface area (Å²) in [5, 5.41) is 6.12. The molecular weight excluding hydrogens is 326 g/mol. The van der Waals surface area contributed by atoms with Crippen molar-refractivity contribution in [2.45, 2.75) is 27.3 Å². The monoisotopic (exact) mass is 347 g/mol. The van der Waals surface area contributed by atoms with E-state index in [-0.39, 0.29) is 5.91 Å². The first-order valence-corrected chi connectivity index (χ1v) is 8.38. The molecule has 0 saturated heterocycles. The van der Waals surface area contributed by atoms with Crippen LogP contribution in [-0.2, 0) is 6.54 Å². The van der Waals surface area contributed by atoms with Gasteiger partial charge in [0, 0.05) is 30.7 Å². The van der Waals surface area contributed by atoms with Crippen LogP contribution in [0.1, 0.15) is 33.0 Å². The highest BCUT2D eigenvalue weighted by Crippen LogP contribution is 2.19. The van der Waals surface area contributed by atoms with Gasteiger partial charge in [-0.15, -0.1) is 0 Å². The molecule has 3 rings (SSSR count). The van der Waals surface area contributed by atoms with E-state index in [9.17, 15) is 4.79 Å². The third-order valence-electron chi connectivity index (χ3n) is 3.77. The zero-order valence-corrected chi connectivity index (χ0v) is 15.1. The molecule has 132 valence electrons. The van der Waals surface area contributed by atoms with E-state index in [1.165, 1.54) is 0 Å². The molecule has 1 aromatic carbocycles. The Bertz CT molecular complexity index is 904. The predicted molar refractivity (Wildman–Crippen MR) is 101 cm³/mol. The SMILES string of the molecule is Cc1cc(C)cc(Nc2cc(C(=O)NCc3ccncc3)nc(C)n2)c1. The van der Waals surface area contributed by atoms with Crippen molar-refractivity contribution in [3.63, 3.8) is 0 Å². The van der Waals surface area contributed by atoms with Crippen LogP contribution in [0, 0.1) is 20.8 Å². The molecular formula is C20H21N5O. The predicted octanol–water partition coefficient (Wildman–Crippen LogP) is 3.47. The van der Waals surface area contributed by atoms with Gasteiger partial charge in [0.25, 0.3) is 5.91 Å². The van der Waals surface area contributed by atoms with Crippen LogP contribution in [0.2, 0.25) is 0 Å². The number of aromatic nitrogens is 3. The third kappa shape index (κ3) is 4.63. The Morgan fingerprint density at radius 1 is 0.962 bits per heavy atom. The molecule has 0 bridgehead atoms. The highest BCUT2D eigenvalue weighted by Gasteiger charge is 2.11. The molecule has 0 saturated carbocycles. The van der Waals surface area contributed by atoms with E-state index >= 15 is 0 Å². The average Bonchev–Trinajstić information content (AvgIpc) is 2.59. The van der Waals surface area contributed by atoms with E-state index in [4.69, 9.17) is 0 Å². The Labute approximate surface area is 152 Å². The number of carbonyl (C=O) groups excluding carboxylic acids is 1. The lowest BCUT2D eigenvalue weighted by Gasteiger charge is -2.10. The van der Waals surface area contributed by atoms with Crippen LogP contribution in [0.25, 0.3) is 0 Å². The van der Waals surface area contributed by atoms with Crippen LogP contribution in [0.5, 0.6) is 0 Å². The van der Waals surface area contributed by atoms with Crippen molar-refractivity contribution in [3.8, 4) is 0 Å². The maximum absolute atomic E-state index is 12.4. The molecule has 3 aromatic rings. The van der Waals surface area contributed by atoms with Gasteiger partial charge in [0.05, 0.1) is 0 Å². The number of benzene rings is 1. The largest absolute Gasteiger partial charge is 0.347 e. The van der Waals surface area contributed by atoms with Gasteiger partial charge in [0.2, 0.25) is 0 Å². The summed E-state index contributed by atoms with van der Waals surface area (Å²) >= 11 is 0. The van der Waals surface area contributed by atoms with Crippen molar-refractivity contribution in [3.05, 3.63) is 77.0 Å². The van der Waals surface area contributed by atoms with Gasteiger partial charge in [-0.3, -0.25) is 9.78 Å². The quantitative estimate of drug-likeness (QED) is 0.739. The van der Waals surface area contributed by atoms with Crippen molar-refractivity contribution < 1.29 is 4.79 Å². The Morgan fingerprint density at radius 2 is 1.65 bits per heavy atom. The smallest absolute Gasteiger partial charge is 0.270 e. The molecule has 6 heteroatoms. The van der Waals surface area contributed by atoms with Crippen molar-refractivity contribution in [2.24, 2.45) is 0 Å². The zero-order chi connectivity index (χ0) is 18.5. The van der Waals surface area contributed by atoms with E-state index in [1.807, 2.05) is 38.1 Å². The van der Waals surface area contributed by atoms with Gasteiger partial charge in [-0.05, 0) is 61.7 Å². The van der Waals surface area contributed by atoms with Gasteiger partial charge in [-0.1, -0.05) is 6.07 Å². The number of aryl methyl sites for hydroxylation is 3. The second kappa shape index (κ2) is 7.74. The number of nitrogens with zero attached hydrogens (tertiary/aromatic N) is 3. The minimum Gasteiger partial charge on any atom is -0.347 e. The summed E-state index contributed by atoms with van der Waals surface area (Å²) in [6.07, 6.45) is 3.39. The Balaban J connectivity index is 1.75. The molecule has 2 aromatic heterocycles. The number of hydrogen-bond donors (Lipinski definition) is 2. The number of pyridine rings is 1. The molecule has 0 fully saturated rings. The van der Waals surface area contributed by atoms with Crippen LogP contribution in [-0.4, -0.2) is 20.9 Å². The molecule has 0 aliphatic rings. The van der Waals surface area contributed by atoms with Gasteiger partial charge in [0.1, 0.15) is 17.3 Å². The minimum absolute atomic E-state index is 0.240. The van der Waals surface area contributed by atoms with E-state index in [1.54, 1.807) is 25.4 Å². The molecule has 26 heavy (non-hydrogen) atoms. The highest BCUT2D eigenvalue weighted by atomic mass is 16.1. The first-order chi connectivity index (χ1) is 12.5.